The lowest BCUT2D eigenvalue weighted by Gasteiger charge is -2.08. The van der Waals surface area contributed by atoms with Crippen molar-refractivity contribution in [1.82, 2.24) is 15.1 Å². The molecule has 0 saturated heterocycles. The Hall–Kier alpha value is -1.61. The third-order valence-electron chi connectivity index (χ3n) is 3.92. The standard InChI is InChI=1S/C18H27N3/c1-5-17-16(12-13-19-7-3)18(6-2)21(20-17)15-10-8-14(4)9-11-15/h8-11,19H,5-7,12-13H2,1-4H3. The third-order valence-corrected chi connectivity index (χ3v) is 3.92. The van der Waals surface area contributed by atoms with Crippen molar-refractivity contribution in [2.75, 3.05) is 13.1 Å². The molecule has 114 valence electrons. The fourth-order valence-corrected chi connectivity index (χ4v) is 2.76. The van der Waals surface area contributed by atoms with Crippen LogP contribution in [0.1, 0.15) is 43.3 Å². The summed E-state index contributed by atoms with van der Waals surface area (Å²) in [7, 11) is 0. The normalized spacial score (nSPS) is 11.0. The van der Waals surface area contributed by atoms with E-state index in [0.717, 1.165) is 32.4 Å². The highest BCUT2D eigenvalue weighted by molar-refractivity contribution is 5.39. The number of hydrogen-bond donors (Lipinski definition) is 1. The Morgan fingerprint density at radius 1 is 1.05 bits per heavy atom. The first-order chi connectivity index (χ1) is 10.2. The van der Waals surface area contributed by atoms with Gasteiger partial charge in [-0.25, -0.2) is 4.68 Å². The average molecular weight is 285 g/mol. The Kier molecular flexibility index (Phi) is 5.57. The van der Waals surface area contributed by atoms with Crippen LogP contribution in [0, 0.1) is 6.92 Å². The van der Waals surface area contributed by atoms with Gasteiger partial charge in [0.15, 0.2) is 0 Å². The van der Waals surface area contributed by atoms with Crippen LogP contribution < -0.4 is 5.32 Å². The van der Waals surface area contributed by atoms with Gasteiger partial charge in [0, 0.05) is 5.69 Å². The van der Waals surface area contributed by atoms with E-state index in [1.807, 2.05) is 0 Å². The zero-order valence-electron chi connectivity index (χ0n) is 13.7. The first-order valence-electron chi connectivity index (χ1n) is 8.08. The molecular weight excluding hydrogens is 258 g/mol. The van der Waals surface area contributed by atoms with Crippen LogP contribution in [-0.4, -0.2) is 22.9 Å². The van der Waals surface area contributed by atoms with E-state index in [9.17, 15) is 0 Å². The minimum absolute atomic E-state index is 0.993. The molecule has 1 aromatic heterocycles. The van der Waals surface area contributed by atoms with Crippen molar-refractivity contribution >= 4 is 0 Å². The molecule has 2 rings (SSSR count). The van der Waals surface area contributed by atoms with Gasteiger partial charge in [0.25, 0.3) is 0 Å². The van der Waals surface area contributed by atoms with Crippen LogP contribution >= 0.6 is 0 Å². The van der Waals surface area contributed by atoms with Crippen LogP contribution in [0.2, 0.25) is 0 Å². The van der Waals surface area contributed by atoms with E-state index in [0.29, 0.717) is 0 Å². The monoisotopic (exact) mass is 285 g/mol. The second-order valence-electron chi connectivity index (χ2n) is 5.43. The Morgan fingerprint density at radius 3 is 2.33 bits per heavy atom. The molecule has 3 nitrogen and oxygen atoms in total. The lowest BCUT2D eigenvalue weighted by molar-refractivity contribution is 0.709. The van der Waals surface area contributed by atoms with Gasteiger partial charge in [0.2, 0.25) is 0 Å². The van der Waals surface area contributed by atoms with Gasteiger partial charge in [-0.3, -0.25) is 0 Å². The second-order valence-corrected chi connectivity index (χ2v) is 5.43. The van der Waals surface area contributed by atoms with E-state index in [4.69, 9.17) is 5.10 Å². The minimum atomic E-state index is 0.993. The molecule has 0 radical (unpaired) electrons. The van der Waals surface area contributed by atoms with Gasteiger partial charge in [-0.15, -0.1) is 0 Å². The SMILES string of the molecule is CCNCCc1c(CC)nn(-c2ccc(C)cc2)c1CC. The smallest absolute Gasteiger partial charge is 0.0661 e. The molecule has 1 N–H and O–H groups in total. The number of aromatic nitrogens is 2. The van der Waals surface area contributed by atoms with Gasteiger partial charge in [0.05, 0.1) is 11.4 Å². The van der Waals surface area contributed by atoms with Crippen molar-refractivity contribution in [3.8, 4) is 5.69 Å². The van der Waals surface area contributed by atoms with Crippen molar-refractivity contribution in [3.05, 3.63) is 46.8 Å². The summed E-state index contributed by atoms with van der Waals surface area (Å²) in [6.07, 6.45) is 3.07. The van der Waals surface area contributed by atoms with Crippen molar-refractivity contribution in [1.29, 1.82) is 0 Å². The van der Waals surface area contributed by atoms with E-state index >= 15 is 0 Å². The highest BCUT2D eigenvalue weighted by Gasteiger charge is 2.16. The third kappa shape index (κ3) is 3.53. The molecule has 0 aliphatic heterocycles. The van der Waals surface area contributed by atoms with E-state index in [1.54, 1.807) is 0 Å². The van der Waals surface area contributed by atoms with Gasteiger partial charge < -0.3 is 5.32 Å². The maximum Gasteiger partial charge on any atom is 0.0661 e. The number of aryl methyl sites for hydroxylation is 2. The number of nitrogens with one attached hydrogen (secondary N) is 1. The van der Waals surface area contributed by atoms with Crippen molar-refractivity contribution in [2.24, 2.45) is 0 Å². The lowest BCUT2D eigenvalue weighted by Crippen LogP contribution is -2.17. The Morgan fingerprint density at radius 2 is 1.76 bits per heavy atom. The number of rotatable bonds is 7. The predicted molar refractivity (Wildman–Crippen MR) is 89.3 cm³/mol. The predicted octanol–water partition coefficient (Wildman–Crippen LogP) is 3.46. The van der Waals surface area contributed by atoms with Gasteiger partial charge in [0.1, 0.15) is 0 Å². The largest absolute Gasteiger partial charge is 0.317 e. The van der Waals surface area contributed by atoms with Crippen LogP contribution in [-0.2, 0) is 19.3 Å². The number of likely N-dealkylation sites (N-methyl/N-ethyl adjacent to an activating group) is 1. The van der Waals surface area contributed by atoms with Crippen LogP contribution in [0.4, 0.5) is 0 Å². The minimum Gasteiger partial charge on any atom is -0.317 e. The van der Waals surface area contributed by atoms with E-state index in [1.165, 1.54) is 28.2 Å². The average Bonchev–Trinajstić information content (AvgIpc) is 2.86. The number of hydrogen-bond acceptors (Lipinski definition) is 2. The molecule has 0 amide bonds. The summed E-state index contributed by atoms with van der Waals surface area (Å²) in [4.78, 5) is 0. The van der Waals surface area contributed by atoms with Gasteiger partial charge in [-0.05, 0) is 57.0 Å². The van der Waals surface area contributed by atoms with Crippen molar-refractivity contribution < 1.29 is 0 Å². The second kappa shape index (κ2) is 7.41. The van der Waals surface area contributed by atoms with Crippen molar-refractivity contribution in [2.45, 2.75) is 47.0 Å². The summed E-state index contributed by atoms with van der Waals surface area (Å²) in [5.74, 6) is 0. The molecule has 3 heteroatoms. The molecule has 0 saturated carbocycles. The molecule has 2 aromatic rings. The van der Waals surface area contributed by atoms with Gasteiger partial charge >= 0.3 is 0 Å². The molecule has 0 aliphatic carbocycles. The fraction of sp³-hybridized carbons (Fsp3) is 0.500. The molecule has 0 unspecified atom stereocenters. The molecule has 0 spiro atoms. The molecule has 1 aromatic carbocycles. The quantitative estimate of drug-likeness (QED) is 0.790. The summed E-state index contributed by atoms with van der Waals surface area (Å²) in [6, 6.07) is 8.63. The zero-order chi connectivity index (χ0) is 15.2. The topological polar surface area (TPSA) is 29.9 Å². The Balaban J connectivity index is 2.39. The van der Waals surface area contributed by atoms with Crippen LogP contribution in [0.15, 0.2) is 24.3 Å². The summed E-state index contributed by atoms with van der Waals surface area (Å²) >= 11 is 0. The van der Waals surface area contributed by atoms with E-state index in [2.05, 4.69) is 62.0 Å². The summed E-state index contributed by atoms with van der Waals surface area (Å²) in [5, 5.41) is 8.29. The number of nitrogens with zero attached hydrogens (tertiary/aromatic N) is 2. The fourth-order valence-electron chi connectivity index (χ4n) is 2.76. The lowest BCUT2D eigenvalue weighted by atomic mass is 10.1. The summed E-state index contributed by atoms with van der Waals surface area (Å²) in [5.41, 5.74) is 6.48. The zero-order valence-corrected chi connectivity index (χ0v) is 13.7. The molecule has 0 atom stereocenters. The summed E-state index contributed by atoms with van der Waals surface area (Å²) < 4.78 is 2.14. The molecular formula is C18H27N3. The first-order valence-corrected chi connectivity index (χ1v) is 8.08. The number of benzene rings is 1. The molecule has 0 aliphatic rings. The Labute approximate surface area is 128 Å². The van der Waals surface area contributed by atoms with E-state index < -0.39 is 0 Å². The van der Waals surface area contributed by atoms with Crippen molar-refractivity contribution in [3.63, 3.8) is 0 Å². The highest BCUT2D eigenvalue weighted by atomic mass is 15.3. The summed E-state index contributed by atoms with van der Waals surface area (Å²) in [6.45, 7) is 10.7. The highest BCUT2D eigenvalue weighted by Crippen LogP contribution is 2.21. The molecule has 1 heterocycles. The molecule has 0 bridgehead atoms. The van der Waals surface area contributed by atoms with E-state index in [-0.39, 0.29) is 0 Å². The van der Waals surface area contributed by atoms with Crippen LogP contribution in [0.5, 0.6) is 0 Å². The Bertz CT molecular complexity index is 567. The van der Waals surface area contributed by atoms with Crippen LogP contribution in [0.3, 0.4) is 0 Å². The molecule has 0 fully saturated rings. The maximum absolute atomic E-state index is 4.87. The first kappa shape index (κ1) is 15.8. The molecule has 21 heavy (non-hydrogen) atoms. The van der Waals surface area contributed by atoms with Gasteiger partial charge in [-0.1, -0.05) is 38.5 Å². The maximum atomic E-state index is 4.87. The van der Waals surface area contributed by atoms with Crippen LogP contribution in [0.25, 0.3) is 5.69 Å². The van der Waals surface area contributed by atoms with Gasteiger partial charge in [-0.2, -0.15) is 5.10 Å².